The van der Waals surface area contributed by atoms with E-state index in [9.17, 15) is 9.36 Å². The first-order valence-corrected chi connectivity index (χ1v) is 7.74. The van der Waals surface area contributed by atoms with Gasteiger partial charge in [0.15, 0.2) is 5.96 Å². The van der Waals surface area contributed by atoms with Gasteiger partial charge in [-0.25, -0.2) is 0 Å². The van der Waals surface area contributed by atoms with Gasteiger partial charge in [-0.1, -0.05) is 13.3 Å². The molecule has 0 aromatic heterocycles. The van der Waals surface area contributed by atoms with Gasteiger partial charge in [0.05, 0.1) is 12.8 Å². The molecule has 0 aliphatic heterocycles. The summed E-state index contributed by atoms with van der Waals surface area (Å²) in [6.45, 7) is 2.32. The number of aliphatic carboxylic acids is 1. The minimum Gasteiger partial charge on any atom is -0.480 e. The molecule has 0 radical (unpaired) electrons. The third-order valence-corrected chi connectivity index (χ3v) is 2.26. The predicted molar refractivity (Wildman–Crippen MR) is 79.8 cm³/mol. The van der Waals surface area contributed by atoms with Gasteiger partial charge in [-0.2, -0.15) is 4.99 Å². The number of nitrogens with zero attached hydrogens (tertiary/aromatic N) is 2. The van der Waals surface area contributed by atoms with E-state index in [-0.39, 0.29) is 11.9 Å². The van der Waals surface area contributed by atoms with Crippen molar-refractivity contribution in [2.75, 3.05) is 19.4 Å². The van der Waals surface area contributed by atoms with Gasteiger partial charge in [0, 0.05) is 6.54 Å². The highest BCUT2D eigenvalue weighted by Crippen LogP contribution is 2.31. The summed E-state index contributed by atoms with van der Waals surface area (Å²) >= 11 is 0. The molecule has 21 heavy (non-hydrogen) atoms. The number of aliphatic imine (C=N–C) groups is 2. The molecule has 10 N–H and O–H groups in total. The number of hydrogen-bond donors (Lipinski definition) is 7. The van der Waals surface area contributed by atoms with Crippen molar-refractivity contribution in [1.82, 2.24) is 5.32 Å². The third kappa shape index (κ3) is 23.8. The number of carbonyl (C=O) groups is 1. The lowest BCUT2D eigenvalue weighted by Gasteiger charge is -2.02. The zero-order valence-electron chi connectivity index (χ0n) is 11.8. The quantitative estimate of drug-likeness (QED) is 0.121. The van der Waals surface area contributed by atoms with Gasteiger partial charge in [-0.15, -0.1) is 0 Å². The van der Waals surface area contributed by atoms with Crippen LogP contribution < -0.4 is 22.5 Å². The van der Waals surface area contributed by atoms with E-state index in [4.69, 9.17) is 32.1 Å². The number of nitrogens with one attached hydrogen (secondary N) is 1. The van der Waals surface area contributed by atoms with Crippen LogP contribution in [0.3, 0.4) is 0 Å². The molecule has 0 aromatic rings. The highest BCUT2D eigenvalue weighted by atomic mass is 31.2. The van der Waals surface area contributed by atoms with E-state index < -0.39 is 26.4 Å². The fourth-order valence-corrected chi connectivity index (χ4v) is 1.23. The van der Waals surface area contributed by atoms with Crippen LogP contribution in [0.4, 0.5) is 0 Å². The van der Waals surface area contributed by atoms with Crippen LogP contribution in [0.5, 0.6) is 0 Å². The fourth-order valence-electron chi connectivity index (χ4n) is 0.828. The SMILES string of the molecule is CCCCN=C(N)N=C(N)N.O=C(O)CNCP(=O)(O)O. The summed E-state index contributed by atoms with van der Waals surface area (Å²) in [7, 11) is -4.10. The van der Waals surface area contributed by atoms with E-state index in [2.05, 4.69) is 22.2 Å². The molecule has 0 saturated carbocycles. The molecule has 0 aliphatic carbocycles. The van der Waals surface area contributed by atoms with Crippen molar-refractivity contribution in [2.45, 2.75) is 19.8 Å². The number of carboxylic acid groups (broad SMARTS) is 1. The van der Waals surface area contributed by atoms with Crippen LogP contribution >= 0.6 is 7.60 Å². The molecular formula is C9H23N6O5P. The standard InChI is InChI=1S/C6H15N5.C3H8NO5P/c1-2-3-4-10-6(9)11-5(7)8;5-3(6)1-4-2-10(7,8)9/h2-4H2,1H3,(H6,7,8,9,10,11);4H,1-2H2,(H,5,6)(H2,7,8,9). The fraction of sp³-hybridized carbons (Fsp3) is 0.667. The molecule has 0 saturated heterocycles. The Morgan fingerprint density at radius 1 is 1.29 bits per heavy atom. The summed E-state index contributed by atoms with van der Waals surface area (Å²) in [5.74, 6) is -1.05. The van der Waals surface area contributed by atoms with E-state index in [0.717, 1.165) is 12.8 Å². The average molecular weight is 326 g/mol. The van der Waals surface area contributed by atoms with Gasteiger partial charge in [0.2, 0.25) is 5.96 Å². The van der Waals surface area contributed by atoms with Crippen LogP contribution in [0.15, 0.2) is 9.98 Å². The maximum Gasteiger partial charge on any atom is 0.339 e. The molecule has 0 heterocycles. The van der Waals surface area contributed by atoms with Crippen LogP contribution in [-0.4, -0.2) is 52.2 Å². The summed E-state index contributed by atoms with van der Waals surface area (Å²) in [5.41, 5.74) is 15.4. The third-order valence-electron chi connectivity index (χ3n) is 1.62. The number of unbranched alkanes of at least 4 members (excludes halogenated alkanes) is 1. The molecule has 0 fully saturated rings. The monoisotopic (exact) mass is 326 g/mol. The normalized spacial score (nSPS) is 11.3. The average Bonchev–Trinajstić information content (AvgIpc) is 2.26. The lowest BCUT2D eigenvalue weighted by Crippen LogP contribution is -2.26. The molecule has 0 bridgehead atoms. The number of guanidine groups is 2. The number of rotatable bonds is 7. The number of hydrogen-bond acceptors (Lipinski definition) is 4. The molecule has 0 amide bonds. The first-order chi connectivity index (χ1) is 9.58. The smallest absolute Gasteiger partial charge is 0.339 e. The molecule has 0 atom stereocenters. The van der Waals surface area contributed by atoms with Crippen LogP contribution in [0, 0.1) is 0 Å². The Kier molecular flexibility index (Phi) is 12.4. The minimum absolute atomic E-state index is 0.0530. The Morgan fingerprint density at radius 2 is 1.86 bits per heavy atom. The molecule has 0 unspecified atom stereocenters. The highest BCUT2D eigenvalue weighted by molar-refractivity contribution is 7.51. The van der Waals surface area contributed by atoms with E-state index in [1.807, 2.05) is 0 Å². The molecule has 12 heteroatoms. The van der Waals surface area contributed by atoms with Crippen LogP contribution in [0.1, 0.15) is 19.8 Å². The van der Waals surface area contributed by atoms with Gasteiger partial charge in [-0.3, -0.25) is 19.7 Å². The number of nitrogens with two attached hydrogens (primary N) is 3. The zero-order valence-corrected chi connectivity index (χ0v) is 12.7. The maximum absolute atomic E-state index is 10.1. The van der Waals surface area contributed by atoms with Crippen molar-refractivity contribution in [3.63, 3.8) is 0 Å². The van der Waals surface area contributed by atoms with Crippen molar-refractivity contribution in [1.29, 1.82) is 0 Å². The summed E-state index contributed by atoms with van der Waals surface area (Å²) in [4.78, 5) is 33.6. The second-order valence-electron chi connectivity index (χ2n) is 3.77. The highest BCUT2D eigenvalue weighted by Gasteiger charge is 2.11. The van der Waals surface area contributed by atoms with Gasteiger partial charge in [0.1, 0.15) is 0 Å². The predicted octanol–water partition coefficient (Wildman–Crippen LogP) is -1.83. The van der Waals surface area contributed by atoms with Crippen molar-refractivity contribution >= 4 is 25.5 Å². The van der Waals surface area contributed by atoms with E-state index >= 15 is 0 Å². The first-order valence-electron chi connectivity index (χ1n) is 5.95. The van der Waals surface area contributed by atoms with Gasteiger partial charge >= 0.3 is 13.6 Å². The van der Waals surface area contributed by atoms with E-state index in [1.54, 1.807) is 0 Å². The summed E-state index contributed by atoms with van der Waals surface area (Å²) in [6.07, 6.45) is 1.48. The zero-order chi connectivity index (χ0) is 16.9. The number of carboxylic acids is 1. The van der Waals surface area contributed by atoms with E-state index in [1.165, 1.54) is 0 Å². The second kappa shape index (κ2) is 12.1. The summed E-state index contributed by atoms with van der Waals surface area (Å²) in [5, 5.41) is 10.1. The van der Waals surface area contributed by atoms with Crippen LogP contribution in [0.2, 0.25) is 0 Å². The molecule has 0 rings (SSSR count). The lowest BCUT2D eigenvalue weighted by molar-refractivity contribution is -0.135. The molecule has 0 spiro atoms. The van der Waals surface area contributed by atoms with Crippen molar-refractivity contribution < 1.29 is 24.3 Å². The Balaban J connectivity index is 0. The summed E-state index contributed by atoms with van der Waals surface area (Å²) in [6, 6.07) is 0. The largest absolute Gasteiger partial charge is 0.480 e. The van der Waals surface area contributed by atoms with Gasteiger partial charge < -0.3 is 32.1 Å². The Morgan fingerprint density at radius 3 is 2.24 bits per heavy atom. The van der Waals surface area contributed by atoms with Crippen molar-refractivity contribution in [3.8, 4) is 0 Å². The molecule has 124 valence electrons. The maximum atomic E-state index is 10.1. The Labute approximate surface area is 122 Å². The van der Waals surface area contributed by atoms with Crippen LogP contribution in [0.25, 0.3) is 0 Å². The Bertz CT molecular complexity index is 403. The molecule has 11 nitrogen and oxygen atoms in total. The van der Waals surface area contributed by atoms with E-state index in [0.29, 0.717) is 6.54 Å². The molecule has 0 aliphatic rings. The molecular weight excluding hydrogens is 303 g/mol. The molecule has 0 aromatic carbocycles. The van der Waals surface area contributed by atoms with Gasteiger partial charge in [0.25, 0.3) is 0 Å². The van der Waals surface area contributed by atoms with Crippen molar-refractivity contribution in [2.24, 2.45) is 27.2 Å². The van der Waals surface area contributed by atoms with Crippen molar-refractivity contribution in [3.05, 3.63) is 0 Å². The second-order valence-corrected chi connectivity index (χ2v) is 5.42. The Hall–Kier alpha value is -1.68. The lowest BCUT2D eigenvalue weighted by atomic mass is 10.3. The topological polar surface area (TPSA) is 210 Å². The summed E-state index contributed by atoms with van der Waals surface area (Å²) < 4.78 is 10.1. The first kappa shape index (κ1) is 21.6. The van der Waals surface area contributed by atoms with Crippen LogP contribution in [-0.2, 0) is 9.36 Å². The minimum atomic E-state index is -4.10. The van der Waals surface area contributed by atoms with Gasteiger partial charge in [-0.05, 0) is 6.42 Å².